The van der Waals surface area contributed by atoms with Crippen LogP contribution < -0.4 is 31.9 Å². The SMILES string of the molecule is CC[C@H](C)[C@H](NC(=O)CNC(=O)[C@H](CC(C)C)NC(=O)[C@@H]1CCCN1)C(=O)N[C@@H](C)C(=O)NCC(=O)N1CCC[C@H]1C(=O)O. The van der Waals surface area contributed by atoms with E-state index in [1.165, 1.54) is 11.8 Å². The highest BCUT2D eigenvalue weighted by Crippen LogP contribution is 2.17. The van der Waals surface area contributed by atoms with Gasteiger partial charge in [0.25, 0.3) is 0 Å². The smallest absolute Gasteiger partial charge is 0.326 e. The van der Waals surface area contributed by atoms with Gasteiger partial charge in [0.15, 0.2) is 0 Å². The number of carboxylic acid groups (broad SMARTS) is 1. The van der Waals surface area contributed by atoms with E-state index in [1.807, 2.05) is 20.8 Å². The maximum atomic E-state index is 13.1. The summed E-state index contributed by atoms with van der Waals surface area (Å²) >= 11 is 0. The average Bonchev–Trinajstić information content (AvgIpc) is 3.69. The molecular weight excluding hydrogens is 574 g/mol. The molecule has 2 saturated heterocycles. The summed E-state index contributed by atoms with van der Waals surface area (Å²) in [5.74, 6) is -4.49. The third-order valence-electron chi connectivity index (χ3n) is 7.98. The second kappa shape index (κ2) is 17.5. The highest BCUT2D eigenvalue weighted by molar-refractivity contribution is 5.95. The van der Waals surface area contributed by atoms with Crippen molar-refractivity contribution in [3.63, 3.8) is 0 Å². The fourth-order valence-corrected chi connectivity index (χ4v) is 5.21. The zero-order chi connectivity index (χ0) is 33.0. The van der Waals surface area contributed by atoms with Crippen LogP contribution in [0.5, 0.6) is 0 Å². The number of nitrogens with zero attached hydrogens (tertiary/aromatic N) is 1. The number of hydrogen-bond acceptors (Lipinski definition) is 8. The van der Waals surface area contributed by atoms with Crippen molar-refractivity contribution >= 4 is 41.4 Å². The minimum atomic E-state index is -1.10. The summed E-state index contributed by atoms with van der Waals surface area (Å²) in [6.45, 7) is 9.05. The molecule has 2 aliphatic heterocycles. The average molecular weight is 624 g/mol. The summed E-state index contributed by atoms with van der Waals surface area (Å²) in [5, 5.41) is 25.3. The fraction of sp³-hybridized carbons (Fsp3) is 0.759. The summed E-state index contributed by atoms with van der Waals surface area (Å²) < 4.78 is 0. The molecule has 0 radical (unpaired) electrons. The molecule has 0 aromatic rings. The molecule has 15 heteroatoms. The van der Waals surface area contributed by atoms with Gasteiger partial charge in [-0.1, -0.05) is 34.1 Å². The number of carbonyl (C=O) groups excluding carboxylic acids is 6. The van der Waals surface area contributed by atoms with Crippen molar-refractivity contribution in [1.82, 2.24) is 36.8 Å². The summed E-state index contributed by atoms with van der Waals surface area (Å²) in [7, 11) is 0. The first-order chi connectivity index (χ1) is 20.7. The van der Waals surface area contributed by atoms with Crippen molar-refractivity contribution in [2.24, 2.45) is 11.8 Å². The van der Waals surface area contributed by atoms with Crippen LogP contribution in [0.15, 0.2) is 0 Å². The maximum absolute atomic E-state index is 13.1. The molecule has 0 aliphatic carbocycles. The largest absolute Gasteiger partial charge is 0.480 e. The topological polar surface area (TPSA) is 215 Å². The van der Waals surface area contributed by atoms with Crippen LogP contribution in [0.3, 0.4) is 0 Å². The van der Waals surface area contributed by atoms with Crippen LogP contribution >= 0.6 is 0 Å². The first-order valence-corrected chi connectivity index (χ1v) is 15.5. The van der Waals surface area contributed by atoms with Crippen LogP contribution in [0.2, 0.25) is 0 Å². The van der Waals surface area contributed by atoms with Gasteiger partial charge in [-0.15, -0.1) is 0 Å². The Balaban J connectivity index is 1.89. The lowest BCUT2D eigenvalue weighted by atomic mass is 9.98. The van der Waals surface area contributed by atoms with Crippen molar-refractivity contribution in [2.45, 2.75) is 103 Å². The Morgan fingerprint density at radius 1 is 0.864 bits per heavy atom. The fourth-order valence-electron chi connectivity index (χ4n) is 5.21. The van der Waals surface area contributed by atoms with Gasteiger partial charge in [0.1, 0.15) is 24.2 Å². The Bertz CT molecular complexity index is 1060. The van der Waals surface area contributed by atoms with E-state index >= 15 is 0 Å². The molecule has 6 amide bonds. The quantitative estimate of drug-likeness (QED) is 0.108. The van der Waals surface area contributed by atoms with Gasteiger partial charge < -0.3 is 41.9 Å². The molecule has 2 rings (SSSR count). The van der Waals surface area contributed by atoms with Crippen molar-refractivity contribution in [3.05, 3.63) is 0 Å². The van der Waals surface area contributed by atoms with Gasteiger partial charge in [-0.05, 0) is 57.4 Å². The van der Waals surface area contributed by atoms with Crippen LogP contribution in [0.25, 0.3) is 0 Å². The highest BCUT2D eigenvalue weighted by Gasteiger charge is 2.34. The summed E-state index contributed by atoms with van der Waals surface area (Å²) in [5.41, 5.74) is 0. The molecule has 44 heavy (non-hydrogen) atoms. The molecule has 0 unspecified atom stereocenters. The second-order valence-electron chi connectivity index (χ2n) is 12.0. The van der Waals surface area contributed by atoms with Crippen molar-refractivity contribution in [2.75, 3.05) is 26.2 Å². The lowest BCUT2D eigenvalue weighted by Crippen LogP contribution is -2.57. The molecule has 7 N–H and O–H groups in total. The van der Waals surface area contributed by atoms with Crippen molar-refractivity contribution in [3.8, 4) is 0 Å². The number of carboxylic acids is 1. The normalized spacial score (nSPS) is 20.6. The van der Waals surface area contributed by atoms with Crippen molar-refractivity contribution < 1.29 is 38.7 Å². The highest BCUT2D eigenvalue weighted by atomic mass is 16.4. The van der Waals surface area contributed by atoms with Crippen LogP contribution in [0.4, 0.5) is 0 Å². The van der Waals surface area contributed by atoms with E-state index in [0.717, 1.165) is 13.0 Å². The third kappa shape index (κ3) is 11.1. The molecule has 0 aromatic carbocycles. The molecule has 2 fully saturated rings. The molecule has 2 aliphatic rings. The van der Waals surface area contributed by atoms with E-state index < -0.39 is 72.8 Å². The Labute approximate surface area is 258 Å². The number of rotatable bonds is 16. The number of nitrogens with one attached hydrogen (secondary N) is 6. The Morgan fingerprint density at radius 2 is 1.55 bits per heavy atom. The first-order valence-electron chi connectivity index (χ1n) is 15.5. The summed E-state index contributed by atoms with van der Waals surface area (Å²) in [6.07, 6.45) is 3.38. The van der Waals surface area contributed by atoms with Crippen LogP contribution in [0.1, 0.15) is 73.1 Å². The third-order valence-corrected chi connectivity index (χ3v) is 7.98. The number of aliphatic carboxylic acids is 1. The van der Waals surface area contributed by atoms with Gasteiger partial charge in [-0.3, -0.25) is 28.8 Å². The van der Waals surface area contributed by atoms with Crippen LogP contribution in [-0.4, -0.2) is 108 Å². The molecule has 15 nitrogen and oxygen atoms in total. The summed E-state index contributed by atoms with van der Waals surface area (Å²) in [6, 6.07) is -4.16. The van der Waals surface area contributed by atoms with Gasteiger partial charge >= 0.3 is 5.97 Å². The number of likely N-dealkylation sites (tertiary alicyclic amines) is 1. The molecule has 0 spiro atoms. The van der Waals surface area contributed by atoms with E-state index in [0.29, 0.717) is 38.6 Å². The predicted octanol–water partition coefficient (Wildman–Crippen LogP) is -1.39. The second-order valence-corrected chi connectivity index (χ2v) is 12.0. The van der Waals surface area contributed by atoms with Crippen molar-refractivity contribution in [1.29, 1.82) is 0 Å². The van der Waals surface area contributed by atoms with Gasteiger partial charge in [0.05, 0.1) is 19.1 Å². The molecule has 2 heterocycles. The van der Waals surface area contributed by atoms with Crippen LogP contribution in [-0.2, 0) is 33.6 Å². The van der Waals surface area contributed by atoms with Gasteiger partial charge in [0.2, 0.25) is 35.4 Å². The molecular formula is C29H49N7O8. The van der Waals surface area contributed by atoms with E-state index in [2.05, 4.69) is 31.9 Å². The number of hydrogen-bond donors (Lipinski definition) is 7. The molecule has 0 saturated carbocycles. The monoisotopic (exact) mass is 623 g/mol. The zero-order valence-electron chi connectivity index (χ0n) is 26.4. The summed E-state index contributed by atoms with van der Waals surface area (Å²) in [4.78, 5) is 88.9. The van der Waals surface area contributed by atoms with E-state index in [4.69, 9.17) is 0 Å². The van der Waals surface area contributed by atoms with Crippen LogP contribution in [0, 0.1) is 11.8 Å². The first kappa shape index (κ1) is 36.4. The lowest BCUT2D eigenvalue weighted by molar-refractivity contribution is -0.148. The number of carbonyl (C=O) groups is 7. The standard InChI is InChI=1S/C29H49N7O8/c1-6-17(4)24(28(42)33-18(5)25(39)32-15-23(38)36-12-8-10-21(36)29(43)44)35-22(37)14-31-26(40)20(13-16(2)3)34-27(41)19-9-7-11-30-19/h16-21,24,30H,6-15H2,1-5H3,(H,31,40)(H,32,39)(H,33,42)(H,34,41)(H,35,37)(H,43,44)/t17-,18-,19-,20-,21-,24-/m0/s1. The minimum absolute atomic E-state index is 0.106. The van der Waals surface area contributed by atoms with Gasteiger partial charge in [0, 0.05) is 6.54 Å². The number of amides is 6. The molecule has 0 bridgehead atoms. The molecule has 248 valence electrons. The van der Waals surface area contributed by atoms with Gasteiger partial charge in [-0.25, -0.2) is 4.79 Å². The minimum Gasteiger partial charge on any atom is -0.480 e. The zero-order valence-corrected chi connectivity index (χ0v) is 26.4. The van der Waals surface area contributed by atoms with E-state index in [9.17, 15) is 38.7 Å². The van der Waals surface area contributed by atoms with E-state index in [1.54, 1.807) is 6.92 Å². The van der Waals surface area contributed by atoms with E-state index in [-0.39, 0.29) is 23.8 Å². The Kier molecular flexibility index (Phi) is 14.5. The Hall–Kier alpha value is -3.75. The molecule has 6 atom stereocenters. The molecule has 0 aromatic heterocycles. The lowest BCUT2D eigenvalue weighted by Gasteiger charge is -2.26. The Morgan fingerprint density at radius 3 is 2.14 bits per heavy atom. The maximum Gasteiger partial charge on any atom is 0.326 e. The van der Waals surface area contributed by atoms with Gasteiger partial charge in [-0.2, -0.15) is 0 Å². The predicted molar refractivity (Wildman–Crippen MR) is 160 cm³/mol.